The topological polar surface area (TPSA) is 24.5 Å². The highest BCUT2D eigenvalue weighted by molar-refractivity contribution is 5.38. The first kappa shape index (κ1) is 14.4. The van der Waals surface area contributed by atoms with Crippen molar-refractivity contribution in [3.8, 4) is 5.75 Å². The highest BCUT2D eigenvalue weighted by Crippen LogP contribution is 2.30. The number of benzene rings is 1. The Balaban J connectivity index is 2.24. The molecule has 0 spiro atoms. The summed E-state index contributed by atoms with van der Waals surface area (Å²) in [5, 5.41) is 3.62. The van der Waals surface area contributed by atoms with Crippen molar-refractivity contribution in [2.75, 3.05) is 27.2 Å². The summed E-state index contributed by atoms with van der Waals surface area (Å²) in [6.45, 7) is 6.02. The van der Waals surface area contributed by atoms with Gasteiger partial charge < -0.3 is 15.0 Å². The standard InChI is InChI=1S/C16H26N2O/c1-5-19-15-9-8-13(11-12(15)2)16(18(3)4)14-7-6-10-17-14/h8-9,11,14,16-17H,5-7,10H2,1-4H3. The van der Waals surface area contributed by atoms with Crippen molar-refractivity contribution in [3.63, 3.8) is 0 Å². The van der Waals surface area contributed by atoms with E-state index in [-0.39, 0.29) is 0 Å². The first-order valence-corrected chi connectivity index (χ1v) is 7.26. The number of nitrogens with zero attached hydrogens (tertiary/aromatic N) is 1. The van der Waals surface area contributed by atoms with Crippen LogP contribution in [0, 0.1) is 6.92 Å². The fourth-order valence-electron chi connectivity index (χ4n) is 3.05. The van der Waals surface area contributed by atoms with Crippen LogP contribution >= 0.6 is 0 Å². The van der Waals surface area contributed by atoms with Crippen LogP contribution in [-0.4, -0.2) is 38.2 Å². The Bertz CT molecular complexity index is 411. The van der Waals surface area contributed by atoms with E-state index in [1.54, 1.807) is 0 Å². The highest BCUT2D eigenvalue weighted by Gasteiger charge is 2.27. The zero-order valence-corrected chi connectivity index (χ0v) is 12.6. The molecule has 1 aromatic carbocycles. The molecule has 1 fully saturated rings. The van der Waals surface area contributed by atoms with Crippen LogP contribution in [0.15, 0.2) is 18.2 Å². The maximum absolute atomic E-state index is 5.63. The average molecular weight is 262 g/mol. The van der Waals surface area contributed by atoms with E-state index in [9.17, 15) is 0 Å². The van der Waals surface area contributed by atoms with Crippen molar-refractivity contribution < 1.29 is 4.74 Å². The molecule has 2 atom stereocenters. The Hall–Kier alpha value is -1.06. The van der Waals surface area contributed by atoms with E-state index in [2.05, 4.69) is 49.4 Å². The Morgan fingerprint density at radius 1 is 1.42 bits per heavy atom. The van der Waals surface area contributed by atoms with Gasteiger partial charge in [0.15, 0.2) is 0 Å². The number of hydrogen-bond donors (Lipinski definition) is 1. The van der Waals surface area contributed by atoms with E-state index in [0.29, 0.717) is 12.1 Å². The van der Waals surface area contributed by atoms with Crippen LogP contribution < -0.4 is 10.1 Å². The van der Waals surface area contributed by atoms with Crippen molar-refractivity contribution >= 4 is 0 Å². The van der Waals surface area contributed by atoms with Crippen LogP contribution in [0.4, 0.5) is 0 Å². The van der Waals surface area contributed by atoms with Gasteiger partial charge in [0.25, 0.3) is 0 Å². The molecule has 0 radical (unpaired) electrons. The van der Waals surface area contributed by atoms with Gasteiger partial charge in [-0.1, -0.05) is 12.1 Å². The molecule has 1 aliphatic rings. The van der Waals surface area contributed by atoms with Gasteiger partial charge in [-0.3, -0.25) is 0 Å². The van der Waals surface area contributed by atoms with Crippen LogP contribution in [0.5, 0.6) is 5.75 Å². The third kappa shape index (κ3) is 3.28. The van der Waals surface area contributed by atoms with Gasteiger partial charge in [-0.15, -0.1) is 0 Å². The molecule has 3 heteroatoms. The monoisotopic (exact) mass is 262 g/mol. The van der Waals surface area contributed by atoms with E-state index in [4.69, 9.17) is 4.74 Å². The zero-order chi connectivity index (χ0) is 13.8. The van der Waals surface area contributed by atoms with Gasteiger partial charge in [-0.05, 0) is 64.5 Å². The van der Waals surface area contributed by atoms with Crippen LogP contribution in [0.2, 0.25) is 0 Å². The quantitative estimate of drug-likeness (QED) is 0.883. The number of ether oxygens (including phenoxy) is 1. The van der Waals surface area contributed by atoms with Gasteiger partial charge in [0.1, 0.15) is 5.75 Å². The summed E-state index contributed by atoms with van der Waals surface area (Å²) in [5.41, 5.74) is 2.61. The fraction of sp³-hybridized carbons (Fsp3) is 0.625. The predicted molar refractivity (Wildman–Crippen MR) is 79.8 cm³/mol. The lowest BCUT2D eigenvalue weighted by Crippen LogP contribution is -2.37. The number of likely N-dealkylation sites (N-methyl/N-ethyl adjacent to an activating group) is 1. The maximum Gasteiger partial charge on any atom is 0.122 e. The second-order valence-corrected chi connectivity index (χ2v) is 5.57. The van der Waals surface area contributed by atoms with Crippen molar-refractivity contribution in [3.05, 3.63) is 29.3 Å². The summed E-state index contributed by atoms with van der Waals surface area (Å²) in [5.74, 6) is 1.00. The number of rotatable bonds is 5. The third-order valence-electron chi connectivity index (χ3n) is 3.88. The Morgan fingerprint density at radius 2 is 2.21 bits per heavy atom. The van der Waals surface area contributed by atoms with E-state index in [0.717, 1.165) is 18.9 Å². The number of nitrogens with one attached hydrogen (secondary N) is 1. The molecular weight excluding hydrogens is 236 g/mol. The summed E-state index contributed by atoms with van der Waals surface area (Å²) in [7, 11) is 4.33. The lowest BCUT2D eigenvalue weighted by molar-refractivity contribution is 0.244. The molecule has 0 bridgehead atoms. The summed E-state index contributed by atoms with van der Waals surface area (Å²) in [4.78, 5) is 2.32. The molecule has 3 nitrogen and oxygen atoms in total. The largest absolute Gasteiger partial charge is 0.494 e. The van der Waals surface area contributed by atoms with Crippen molar-refractivity contribution in [2.45, 2.75) is 38.8 Å². The molecule has 2 unspecified atom stereocenters. The Labute approximate surface area is 116 Å². The van der Waals surface area contributed by atoms with Crippen LogP contribution in [0.3, 0.4) is 0 Å². The van der Waals surface area contributed by atoms with Crippen molar-refractivity contribution in [2.24, 2.45) is 0 Å². The lowest BCUT2D eigenvalue weighted by atomic mass is 9.95. The van der Waals surface area contributed by atoms with Gasteiger partial charge in [0, 0.05) is 12.1 Å². The molecular formula is C16H26N2O. The molecule has 106 valence electrons. The molecule has 0 aromatic heterocycles. The van der Waals surface area contributed by atoms with Crippen LogP contribution in [0.25, 0.3) is 0 Å². The first-order chi connectivity index (χ1) is 9.13. The summed E-state index contributed by atoms with van der Waals surface area (Å²) < 4.78 is 5.63. The SMILES string of the molecule is CCOc1ccc(C(C2CCCN2)N(C)C)cc1C. The minimum absolute atomic E-state index is 0.442. The van der Waals surface area contributed by atoms with Crippen LogP contribution in [0.1, 0.15) is 36.9 Å². The third-order valence-corrected chi connectivity index (χ3v) is 3.88. The molecule has 1 heterocycles. The van der Waals surface area contributed by atoms with Gasteiger partial charge in [0.2, 0.25) is 0 Å². The van der Waals surface area contributed by atoms with E-state index in [1.165, 1.54) is 24.0 Å². The lowest BCUT2D eigenvalue weighted by Gasteiger charge is -2.31. The Kier molecular flexibility index (Phi) is 4.83. The molecule has 0 amide bonds. The molecule has 1 N–H and O–H groups in total. The van der Waals surface area contributed by atoms with Gasteiger partial charge in [-0.2, -0.15) is 0 Å². The second kappa shape index (κ2) is 6.40. The maximum atomic E-state index is 5.63. The average Bonchev–Trinajstić information content (AvgIpc) is 2.86. The van der Waals surface area contributed by atoms with E-state index >= 15 is 0 Å². The van der Waals surface area contributed by atoms with Crippen molar-refractivity contribution in [1.82, 2.24) is 10.2 Å². The number of aryl methyl sites for hydroxylation is 1. The molecule has 19 heavy (non-hydrogen) atoms. The Morgan fingerprint density at radius 3 is 2.74 bits per heavy atom. The molecule has 2 rings (SSSR count). The first-order valence-electron chi connectivity index (χ1n) is 7.26. The normalized spacial score (nSPS) is 20.8. The van der Waals surface area contributed by atoms with E-state index < -0.39 is 0 Å². The smallest absolute Gasteiger partial charge is 0.122 e. The minimum Gasteiger partial charge on any atom is -0.494 e. The molecule has 1 aliphatic heterocycles. The minimum atomic E-state index is 0.442. The van der Waals surface area contributed by atoms with Gasteiger partial charge in [0.05, 0.1) is 6.61 Å². The molecule has 1 aromatic rings. The summed E-state index contributed by atoms with van der Waals surface area (Å²) >= 11 is 0. The van der Waals surface area contributed by atoms with Gasteiger partial charge >= 0.3 is 0 Å². The molecule has 0 saturated carbocycles. The number of hydrogen-bond acceptors (Lipinski definition) is 3. The van der Waals surface area contributed by atoms with Crippen molar-refractivity contribution in [1.29, 1.82) is 0 Å². The highest BCUT2D eigenvalue weighted by atomic mass is 16.5. The summed E-state index contributed by atoms with van der Waals surface area (Å²) in [6.07, 6.45) is 2.54. The summed E-state index contributed by atoms with van der Waals surface area (Å²) in [6, 6.07) is 7.60. The van der Waals surface area contributed by atoms with E-state index in [1.807, 2.05) is 6.92 Å². The molecule has 1 saturated heterocycles. The van der Waals surface area contributed by atoms with Gasteiger partial charge in [-0.25, -0.2) is 0 Å². The predicted octanol–water partition coefficient (Wildman–Crippen LogP) is 2.75. The fourth-order valence-corrected chi connectivity index (χ4v) is 3.05. The second-order valence-electron chi connectivity index (χ2n) is 5.57. The van der Waals surface area contributed by atoms with Crippen LogP contribution in [-0.2, 0) is 0 Å². The molecule has 0 aliphatic carbocycles. The zero-order valence-electron chi connectivity index (χ0n) is 12.6.